The lowest BCUT2D eigenvalue weighted by molar-refractivity contribution is -0.137. The normalized spacial score (nSPS) is 12.9. The molecule has 0 aliphatic heterocycles. The molecule has 3 N–H and O–H groups in total. The average molecular weight is 481 g/mol. The highest BCUT2D eigenvalue weighted by atomic mass is 35.5. The van der Waals surface area contributed by atoms with Crippen LogP contribution in [0.5, 0.6) is 0 Å². The van der Waals surface area contributed by atoms with Crippen LogP contribution in [0.15, 0.2) is 52.3 Å². The van der Waals surface area contributed by atoms with Gasteiger partial charge in [-0.15, -0.1) is 0 Å². The Morgan fingerprint density at radius 1 is 1.06 bits per heavy atom. The number of alkyl halides is 3. The van der Waals surface area contributed by atoms with Gasteiger partial charge >= 0.3 is 6.18 Å². The van der Waals surface area contributed by atoms with E-state index in [4.69, 9.17) is 11.6 Å². The second-order valence-corrected chi connectivity index (χ2v) is 8.82. The number of aromatic nitrogens is 1. The fourth-order valence-corrected chi connectivity index (χ4v) is 3.17. The molecule has 1 heterocycles. The number of carbonyl (C=O) groups is 1. The van der Waals surface area contributed by atoms with Crippen molar-refractivity contribution in [3.05, 3.63) is 79.3 Å². The van der Waals surface area contributed by atoms with Crippen LogP contribution in [-0.2, 0) is 6.18 Å². The Kier molecular flexibility index (Phi) is 6.51. The monoisotopic (exact) mass is 480 g/mol. The maximum absolute atomic E-state index is 13.3. The Labute approximate surface area is 191 Å². The average Bonchev–Trinajstić information content (AvgIpc) is 2.73. The Bertz CT molecular complexity index is 1260. The van der Waals surface area contributed by atoms with Crippen LogP contribution in [0.3, 0.4) is 0 Å². The molecule has 0 spiro atoms. The van der Waals surface area contributed by atoms with Gasteiger partial charge in [-0.1, -0.05) is 38.4 Å². The second-order valence-electron chi connectivity index (χ2n) is 8.38. The quantitative estimate of drug-likeness (QED) is 0.359. The molecule has 11 heteroatoms. The molecule has 3 rings (SSSR count). The van der Waals surface area contributed by atoms with Gasteiger partial charge in [-0.2, -0.15) is 13.2 Å². The summed E-state index contributed by atoms with van der Waals surface area (Å²) in [6.45, 7) is 5.30. The maximum atomic E-state index is 13.3. The number of rotatable bonds is 6. The Hall–Kier alpha value is -3.40. The highest BCUT2D eigenvalue weighted by molar-refractivity contribution is 6.30. The molecule has 0 aliphatic carbocycles. The van der Waals surface area contributed by atoms with Crippen LogP contribution in [0.4, 0.5) is 30.2 Å². The van der Waals surface area contributed by atoms with E-state index in [1.165, 1.54) is 6.07 Å². The lowest BCUT2D eigenvalue weighted by Crippen LogP contribution is -2.51. The van der Waals surface area contributed by atoms with Crippen LogP contribution in [0.25, 0.3) is 0 Å². The van der Waals surface area contributed by atoms with Gasteiger partial charge in [-0.25, -0.2) is 0 Å². The molecule has 0 saturated heterocycles. The molecule has 174 valence electrons. The maximum Gasteiger partial charge on any atom is 0.418 e. The van der Waals surface area contributed by atoms with Gasteiger partial charge in [-0.05, 0) is 24.3 Å². The topological polar surface area (TPSA) is 100 Å². The van der Waals surface area contributed by atoms with Crippen molar-refractivity contribution in [3.8, 4) is 0 Å². The molecule has 0 fully saturated rings. The first kappa shape index (κ1) is 24.2. The fourth-order valence-electron chi connectivity index (χ4n) is 2.98. The van der Waals surface area contributed by atoms with Gasteiger partial charge in [0.1, 0.15) is 17.5 Å². The molecule has 33 heavy (non-hydrogen) atoms. The number of hydrogen-bond acceptors (Lipinski definition) is 6. The summed E-state index contributed by atoms with van der Waals surface area (Å²) in [6.07, 6.45) is -3.68. The standard InChI is InChI=1S/C22H20ClF3N4O3/c1-21(2,3)20(30-19(33)11-5-4-6-12(23)9-11)29-16-15(17(31)18(16)32)28-14-10-27-8-7-13(14)22(24,25)26/h4-10,20,28-29H,1-3H3,(H,30,33). The molecule has 3 aromatic rings. The number of amides is 1. The number of nitrogens with one attached hydrogen (secondary N) is 3. The molecule has 0 radical (unpaired) electrons. The minimum Gasteiger partial charge on any atom is -0.360 e. The van der Waals surface area contributed by atoms with Gasteiger partial charge in [0.05, 0.1) is 17.4 Å². The molecule has 2 aromatic carbocycles. The van der Waals surface area contributed by atoms with Crippen molar-refractivity contribution >= 4 is 34.6 Å². The van der Waals surface area contributed by atoms with Crippen LogP contribution < -0.4 is 26.8 Å². The molecule has 1 unspecified atom stereocenters. The molecule has 0 aliphatic rings. The van der Waals surface area contributed by atoms with Gasteiger partial charge in [0, 0.05) is 22.2 Å². The Balaban J connectivity index is 1.89. The first-order valence-electron chi connectivity index (χ1n) is 9.73. The predicted molar refractivity (Wildman–Crippen MR) is 120 cm³/mol. The van der Waals surface area contributed by atoms with Gasteiger partial charge in [0.2, 0.25) is 0 Å². The van der Waals surface area contributed by atoms with Crippen molar-refractivity contribution in [2.24, 2.45) is 5.41 Å². The smallest absolute Gasteiger partial charge is 0.360 e. The van der Waals surface area contributed by atoms with Crippen LogP contribution in [0.1, 0.15) is 36.7 Å². The molecule has 1 amide bonds. The zero-order chi connectivity index (χ0) is 24.6. The van der Waals surface area contributed by atoms with E-state index in [1.54, 1.807) is 39.0 Å². The number of carbonyl (C=O) groups excluding carboxylic acids is 1. The van der Waals surface area contributed by atoms with E-state index in [2.05, 4.69) is 20.9 Å². The van der Waals surface area contributed by atoms with E-state index in [-0.39, 0.29) is 16.9 Å². The first-order valence-corrected chi connectivity index (χ1v) is 10.1. The molecule has 1 atom stereocenters. The van der Waals surface area contributed by atoms with E-state index in [1.807, 2.05) is 0 Å². The van der Waals surface area contributed by atoms with Crippen LogP contribution in [0.2, 0.25) is 5.02 Å². The molecular weight excluding hydrogens is 461 g/mol. The highest BCUT2D eigenvalue weighted by Crippen LogP contribution is 2.36. The molecule has 1 aromatic heterocycles. The van der Waals surface area contributed by atoms with Crippen LogP contribution >= 0.6 is 11.6 Å². The summed E-state index contributed by atoms with van der Waals surface area (Å²) in [5, 5.41) is 8.25. The highest BCUT2D eigenvalue weighted by Gasteiger charge is 2.35. The van der Waals surface area contributed by atoms with Crippen molar-refractivity contribution < 1.29 is 18.0 Å². The van der Waals surface area contributed by atoms with E-state index in [0.29, 0.717) is 5.02 Å². The summed E-state index contributed by atoms with van der Waals surface area (Å²) in [7, 11) is 0. The fraction of sp³-hybridized carbons (Fsp3) is 0.273. The third-order valence-electron chi connectivity index (χ3n) is 4.81. The number of anilines is 3. The Morgan fingerprint density at radius 3 is 2.33 bits per heavy atom. The minimum atomic E-state index is -4.70. The lowest BCUT2D eigenvalue weighted by atomic mass is 9.91. The second kappa shape index (κ2) is 8.86. The number of halogens is 4. The van der Waals surface area contributed by atoms with Crippen molar-refractivity contribution in [1.82, 2.24) is 10.3 Å². The van der Waals surface area contributed by atoms with Gasteiger partial charge < -0.3 is 16.0 Å². The summed E-state index contributed by atoms with van der Waals surface area (Å²) in [5.41, 5.74) is -4.38. The van der Waals surface area contributed by atoms with Gasteiger partial charge in [-0.3, -0.25) is 19.4 Å². The zero-order valence-electron chi connectivity index (χ0n) is 17.8. The van der Waals surface area contributed by atoms with Crippen molar-refractivity contribution in [3.63, 3.8) is 0 Å². The predicted octanol–water partition coefficient (Wildman–Crippen LogP) is 4.31. The van der Waals surface area contributed by atoms with Crippen LogP contribution in [0, 0.1) is 5.41 Å². The Morgan fingerprint density at radius 2 is 1.73 bits per heavy atom. The number of nitrogens with zero attached hydrogens (tertiary/aromatic N) is 1. The number of hydrogen-bond donors (Lipinski definition) is 3. The van der Waals surface area contributed by atoms with Crippen molar-refractivity contribution in [1.29, 1.82) is 0 Å². The first-order chi connectivity index (χ1) is 15.3. The SMILES string of the molecule is CC(C)(C)C(NC(=O)c1cccc(Cl)c1)Nc1c(Nc2cnccc2C(F)(F)F)c(=O)c1=O. The minimum absolute atomic E-state index is 0.233. The van der Waals surface area contributed by atoms with Crippen molar-refractivity contribution in [2.75, 3.05) is 10.6 Å². The van der Waals surface area contributed by atoms with E-state index < -0.39 is 45.8 Å². The summed E-state index contributed by atoms with van der Waals surface area (Å²) in [5.74, 6) is -0.496. The summed E-state index contributed by atoms with van der Waals surface area (Å²) in [4.78, 5) is 40.7. The number of pyridine rings is 1. The van der Waals surface area contributed by atoms with E-state index in [9.17, 15) is 27.6 Å². The summed E-state index contributed by atoms with van der Waals surface area (Å²) < 4.78 is 39.8. The van der Waals surface area contributed by atoms with E-state index >= 15 is 0 Å². The molecule has 0 bridgehead atoms. The third kappa shape index (κ3) is 5.33. The molecule has 7 nitrogen and oxygen atoms in total. The largest absolute Gasteiger partial charge is 0.418 e. The zero-order valence-corrected chi connectivity index (χ0v) is 18.6. The number of benzene rings is 1. The van der Waals surface area contributed by atoms with Crippen molar-refractivity contribution in [2.45, 2.75) is 33.1 Å². The van der Waals surface area contributed by atoms with Gasteiger partial charge in [0.15, 0.2) is 0 Å². The third-order valence-corrected chi connectivity index (χ3v) is 5.05. The lowest BCUT2D eigenvalue weighted by Gasteiger charge is -2.33. The molecular formula is C22H20ClF3N4O3. The van der Waals surface area contributed by atoms with Gasteiger partial charge in [0.25, 0.3) is 16.8 Å². The van der Waals surface area contributed by atoms with Crippen LogP contribution in [-0.4, -0.2) is 17.1 Å². The summed E-state index contributed by atoms with van der Waals surface area (Å²) >= 11 is 5.93. The summed E-state index contributed by atoms with van der Waals surface area (Å²) in [6, 6.07) is 6.97. The van der Waals surface area contributed by atoms with E-state index in [0.717, 1.165) is 18.5 Å². The molecule has 0 saturated carbocycles.